The number of oxime groups is 1. The number of anilines is 2. The van der Waals surface area contributed by atoms with E-state index in [0.29, 0.717) is 18.0 Å². The number of hydrogen-bond donors (Lipinski definition) is 2. The number of pyridine rings is 2. The molecule has 3 N–H and O–H groups in total. The van der Waals surface area contributed by atoms with Gasteiger partial charge in [-0.05, 0) is 48.2 Å². The van der Waals surface area contributed by atoms with E-state index in [1.807, 2.05) is 0 Å². The van der Waals surface area contributed by atoms with Crippen LogP contribution in [0.25, 0.3) is 0 Å². The molecule has 2 heterocycles. The summed E-state index contributed by atoms with van der Waals surface area (Å²) < 4.78 is 28.9. The Labute approximate surface area is 198 Å². The standard InChI is InChI=1S/C23H26ClN5O3S/c1-5-32-28-21(15-6-11-20(25)26-13-15)22-19(12-17(24)14-27-22)29-33(30,31)18-9-7-16(8-10-18)23(2,3)4/h6-14,29H,5H2,1-4H3,(H2,25,26)/b28-21+. The number of sulfonamides is 1. The molecule has 0 aliphatic heterocycles. The molecule has 0 fully saturated rings. The lowest BCUT2D eigenvalue weighted by Gasteiger charge is -2.19. The minimum Gasteiger partial charge on any atom is -0.396 e. The number of aromatic nitrogens is 2. The van der Waals surface area contributed by atoms with Gasteiger partial charge in [-0.15, -0.1) is 0 Å². The largest absolute Gasteiger partial charge is 0.396 e. The second kappa shape index (κ2) is 9.76. The fourth-order valence-electron chi connectivity index (χ4n) is 2.95. The van der Waals surface area contributed by atoms with Gasteiger partial charge in [0.05, 0.1) is 15.6 Å². The van der Waals surface area contributed by atoms with Gasteiger partial charge in [-0.3, -0.25) is 9.71 Å². The molecule has 0 aliphatic carbocycles. The smallest absolute Gasteiger partial charge is 0.261 e. The molecule has 2 aromatic heterocycles. The van der Waals surface area contributed by atoms with Crippen molar-refractivity contribution in [2.45, 2.75) is 38.0 Å². The van der Waals surface area contributed by atoms with Gasteiger partial charge in [0, 0.05) is 18.0 Å². The second-order valence-electron chi connectivity index (χ2n) is 8.26. The van der Waals surface area contributed by atoms with Gasteiger partial charge in [0.25, 0.3) is 10.0 Å². The van der Waals surface area contributed by atoms with E-state index in [1.165, 1.54) is 18.5 Å². The highest BCUT2D eigenvalue weighted by atomic mass is 35.5. The van der Waals surface area contributed by atoms with Crippen LogP contribution in [0.5, 0.6) is 0 Å². The van der Waals surface area contributed by atoms with E-state index in [-0.39, 0.29) is 32.4 Å². The number of nitrogens with two attached hydrogens (primary N) is 1. The van der Waals surface area contributed by atoms with Crippen LogP contribution in [0.3, 0.4) is 0 Å². The van der Waals surface area contributed by atoms with Gasteiger partial charge in [0.15, 0.2) is 0 Å². The molecule has 8 nitrogen and oxygen atoms in total. The Morgan fingerprint density at radius 2 is 1.82 bits per heavy atom. The monoisotopic (exact) mass is 487 g/mol. The van der Waals surface area contributed by atoms with Gasteiger partial charge in [-0.25, -0.2) is 13.4 Å². The minimum absolute atomic E-state index is 0.0997. The zero-order chi connectivity index (χ0) is 24.2. The highest BCUT2D eigenvalue weighted by molar-refractivity contribution is 7.92. The third-order valence-electron chi connectivity index (χ3n) is 4.70. The lowest BCUT2D eigenvalue weighted by Crippen LogP contribution is -2.18. The molecule has 0 amide bonds. The molecule has 0 aliphatic rings. The van der Waals surface area contributed by atoms with Crippen LogP contribution in [0.2, 0.25) is 5.02 Å². The fraction of sp³-hybridized carbons (Fsp3) is 0.261. The summed E-state index contributed by atoms with van der Waals surface area (Å²) in [5.74, 6) is 0.332. The molecule has 0 radical (unpaired) electrons. The van der Waals surface area contributed by atoms with Gasteiger partial charge < -0.3 is 10.6 Å². The van der Waals surface area contributed by atoms with Crippen LogP contribution in [0.4, 0.5) is 11.5 Å². The lowest BCUT2D eigenvalue weighted by atomic mass is 9.87. The van der Waals surface area contributed by atoms with Crippen molar-refractivity contribution in [2.24, 2.45) is 5.16 Å². The number of nitrogens with zero attached hydrogens (tertiary/aromatic N) is 3. The van der Waals surface area contributed by atoms with Gasteiger partial charge in [-0.1, -0.05) is 49.7 Å². The van der Waals surface area contributed by atoms with Crippen LogP contribution in [-0.4, -0.2) is 30.7 Å². The molecule has 0 spiro atoms. The van der Waals surface area contributed by atoms with E-state index < -0.39 is 10.0 Å². The topological polar surface area (TPSA) is 120 Å². The van der Waals surface area contributed by atoms with Gasteiger partial charge in [-0.2, -0.15) is 0 Å². The minimum atomic E-state index is -3.94. The van der Waals surface area contributed by atoms with Crippen LogP contribution >= 0.6 is 11.6 Å². The average Bonchev–Trinajstić information content (AvgIpc) is 2.75. The van der Waals surface area contributed by atoms with Crippen molar-refractivity contribution >= 4 is 38.8 Å². The predicted molar refractivity (Wildman–Crippen MR) is 131 cm³/mol. The molecule has 0 atom stereocenters. The Hall–Kier alpha value is -3.17. The van der Waals surface area contributed by atoms with E-state index in [1.54, 1.807) is 43.3 Å². The number of halogens is 1. The molecule has 33 heavy (non-hydrogen) atoms. The summed E-state index contributed by atoms with van der Waals surface area (Å²) >= 11 is 6.14. The molecule has 0 unspecified atom stereocenters. The van der Waals surface area contributed by atoms with Crippen LogP contribution in [0.1, 0.15) is 44.5 Å². The summed E-state index contributed by atoms with van der Waals surface area (Å²) in [7, 11) is -3.94. The summed E-state index contributed by atoms with van der Waals surface area (Å²) in [5.41, 5.74) is 7.82. The maximum Gasteiger partial charge on any atom is 0.261 e. The van der Waals surface area contributed by atoms with E-state index >= 15 is 0 Å². The fourth-order valence-corrected chi connectivity index (χ4v) is 4.17. The Bertz CT molecular complexity index is 1250. The van der Waals surface area contributed by atoms with Crippen LogP contribution in [-0.2, 0) is 20.3 Å². The predicted octanol–water partition coefficient (Wildman–Crippen LogP) is 4.60. The Kier molecular flexibility index (Phi) is 7.24. The number of nitrogen functional groups attached to an aromatic ring is 1. The maximum atomic E-state index is 13.2. The molecule has 3 rings (SSSR count). The third kappa shape index (κ3) is 6.00. The van der Waals surface area contributed by atoms with Crippen molar-refractivity contribution in [3.05, 3.63) is 76.7 Å². The van der Waals surface area contributed by atoms with Crippen molar-refractivity contribution in [2.75, 3.05) is 17.1 Å². The van der Waals surface area contributed by atoms with E-state index in [2.05, 4.69) is 40.6 Å². The van der Waals surface area contributed by atoms with E-state index in [9.17, 15) is 8.42 Å². The summed E-state index contributed by atoms with van der Waals surface area (Å²) in [6, 6.07) is 11.5. The summed E-state index contributed by atoms with van der Waals surface area (Å²) in [5, 5.41) is 4.39. The van der Waals surface area contributed by atoms with Crippen molar-refractivity contribution in [3.63, 3.8) is 0 Å². The average molecular weight is 488 g/mol. The second-order valence-corrected chi connectivity index (χ2v) is 10.4. The number of rotatable bonds is 7. The van der Waals surface area contributed by atoms with Crippen molar-refractivity contribution < 1.29 is 13.3 Å². The zero-order valence-electron chi connectivity index (χ0n) is 18.8. The number of hydrogen-bond acceptors (Lipinski definition) is 7. The highest BCUT2D eigenvalue weighted by Crippen LogP contribution is 2.27. The van der Waals surface area contributed by atoms with E-state index in [0.717, 1.165) is 5.56 Å². The Morgan fingerprint density at radius 1 is 1.12 bits per heavy atom. The van der Waals surface area contributed by atoms with Crippen LogP contribution in [0.15, 0.2) is 64.9 Å². The molecular formula is C23H26ClN5O3S. The quantitative estimate of drug-likeness (QED) is 0.371. The summed E-state index contributed by atoms with van der Waals surface area (Å²) in [6.07, 6.45) is 2.91. The highest BCUT2D eigenvalue weighted by Gasteiger charge is 2.22. The first-order valence-electron chi connectivity index (χ1n) is 10.2. The molecule has 0 saturated heterocycles. The molecule has 3 aromatic rings. The number of nitrogens with one attached hydrogen (secondary N) is 1. The molecule has 10 heteroatoms. The maximum absolute atomic E-state index is 13.2. The van der Waals surface area contributed by atoms with Gasteiger partial charge in [0.2, 0.25) is 0 Å². The first kappa shape index (κ1) is 24.5. The van der Waals surface area contributed by atoms with E-state index in [4.69, 9.17) is 22.2 Å². The molecular weight excluding hydrogens is 462 g/mol. The molecule has 0 saturated carbocycles. The number of benzene rings is 1. The lowest BCUT2D eigenvalue weighted by molar-refractivity contribution is 0.159. The van der Waals surface area contributed by atoms with Crippen LogP contribution in [0, 0.1) is 0 Å². The Balaban J connectivity index is 2.05. The summed E-state index contributed by atoms with van der Waals surface area (Å²) in [4.78, 5) is 13.8. The zero-order valence-corrected chi connectivity index (χ0v) is 20.4. The van der Waals surface area contributed by atoms with Crippen LogP contribution < -0.4 is 10.5 Å². The van der Waals surface area contributed by atoms with Crippen molar-refractivity contribution in [1.82, 2.24) is 9.97 Å². The normalized spacial score (nSPS) is 12.5. The third-order valence-corrected chi connectivity index (χ3v) is 6.29. The molecule has 0 bridgehead atoms. The van der Waals surface area contributed by atoms with Crippen molar-refractivity contribution in [3.8, 4) is 0 Å². The SMILES string of the molecule is CCO/N=C(\c1ccc(N)nc1)c1ncc(Cl)cc1NS(=O)(=O)c1ccc(C(C)(C)C)cc1. The Morgan fingerprint density at radius 3 is 2.39 bits per heavy atom. The molecule has 174 valence electrons. The summed E-state index contributed by atoms with van der Waals surface area (Å²) in [6.45, 7) is 8.26. The van der Waals surface area contributed by atoms with Gasteiger partial charge >= 0.3 is 0 Å². The first-order valence-corrected chi connectivity index (χ1v) is 12.1. The van der Waals surface area contributed by atoms with Gasteiger partial charge in [0.1, 0.15) is 23.8 Å². The first-order chi connectivity index (χ1) is 15.5. The van der Waals surface area contributed by atoms with Crippen molar-refractivity contribution in [1.29, 1.82) is 0 Å². The molecule has 1 aromatic carbocycles.